The first-order valence-corrected chi connectivity index (χ1v) is 8.23. The van der Waals surface area contributed by atoms with Crippen LogP contribution in [0.2, 0.25) is 0 Å². The molecule has 0 aliphatic carbocycles. The number of nitrogens with one attached hydrogen (secondary N) is 1. The second kappa shape index (κ2) is 8.00. The summed E-state index contributed by atoms with van der Waals surface area (Å²) < 4.78 is 26.5. The SMILES string of the molecule is CCC(CCO)CNS(=O)(=O)Cc1cccc(C#N)c1. The van der Waals surface area contributed by atoms with E-state index in [1.54, 1.807) is 24.3 Å². The maximum atomic E-state index is 12.0. The third kappa shape index (κ3) is 5.70. The van der Waals surface area contributed by atoms with Crippen LogP contribution in [0.25, 0.3) is 0 Å². The predicted molar refractivity (Wildman–Crippen MR) is 77.3 cm³/mol. The van der Waals surface area contributed by atoms with Crippen molar-refractivity contribution in [2.45, 2.75) is 25.5 Å². The van der Waals surface area contributed by atoms with Crippen molar-refractivity contribution in [1.82, 2.24) is 4.72 Å². The number of rotatable bonds is 8. The average Bonchev–Trinajstić information content (AvgIpc) is 2.43. The molecule has 0 spiro atoms. The molecule has 0 saturated carbocycles. The van der Waals surface area contributed by atoms with Crippen LogP contribution >= 0.6 is 0 Å². The fraction of sp³-hybridized carbons (Fsp3) is 0.500. The zero-order valence-electron chi connectivity index (χ0n) is 11.5. The van der Waals surface area contributed by atoms with E-state index < -0.39 is 10.0 Å². The van der Waals surface area contributed by atoms with Crippen LogP contribution in [0.4, 0.5) is 0 Å². The van der Waals surface area contributed by atoms with Crippen molar-refractivity contribution in [2.24, 2.45) is 5.92 Å². The Morgan fingerprint density at radius 3 is 2.80 bits per heavy atom. The topological polar surface area (TPSA) is 90.2 Å². The molecule has 1 atom stereocenters. The van der Waals surface area contributed by atoms with Gasteiger partial charge in [-0.3, -0.25) is 0 Å². The summed E-state index contributed by atoms with van der Waals surface area (Å²) in [5, 5.41) is 17.7. The molecule has 0 aliphatic rings. The molecular formula is C14H20N2O3S. The highest BCUT2D eigenvalue weighted by molar-refractivity contribution is 7.88. The van der Waals surface area contributed by atoms with E-state index in [9.17, 15) is 8.42 Å². The number of nitrogens with zero attached hydrogens (tertiary/aromatic N) is 1. The highest BCUT2D eigenvalue weighted by Gasteiger charge is 2.14. The maximum Gasteiger partial charge on any atom is 0.215 e. The van der Waals surface area contributed by atoms with Crippen LogP contribution in [0.5, 0.6) is 0 Å². The summed E-state index contributed by atoms with van der Waals surface area (Å²) >= 11 is 0. The van der Waals surface area contributed by atoms with Crippen LogP contribution < -0.4 is 4.72 Å². The van der Waals surface area contributed by atoms with Crippen LogP contribution in [0, 0.1) is 17.2 Å². The van der Waals surface area contributed by atoms with Gasteiger partial charge in [-0.15, -0.1) is 0 Å². The molecule has 20 heavy (non-hydrogen) atoms. The van der Waals surface area contributed by atoms with E-state index >= 15 is 0 Å². The molecule has 1 unspecified atom stereocenters. The van der Waals surface area contributed by atoms with Crippen molar-refractivity contribution in [3.8, 4) is 6.07 Å². The fourth-order valence-electron chi connectivity index (χ4n) is 1.88. The molecule has 1 rings (SSSR count). The second-order valence-electron chi connectivity index (χ2n) is 4.71. The number of hydrogen-bond acceptors (Lipinski definition) is 4. The first-order chi connectivity index (χ1) is 9.50. The summed E-state index contributed by atoms with van der Waals surface area (Å²) in [7, 11) is -3.42. The number of aliphatic hydroxyl groups excluding tert-OH is 1. The molecule has 5 nitrogen and oxygen atoms in total. The molecule has 0 heterocycles. The Balaban J connectivity index is 2.63. The Morgan fingerprint density at radius 2 is 2.20 bits per heavy atom. The normalized spacial score (nSPS) is 12.8. The first kappa shape index (κ1) is 16.6. The van der Waals surface area contributed by atoms with Crippen molar-refractivity contribution in [2.75, 3.05) is 13.2 Å². The van der Waals surface area contributed by atoms with Crippen LogP contribution in [-0.2, 0) is 15.8 Å². The van der Waals surface area contributed by atoms with Gasteiger partial charge in [0.1, 0.15) is 0 Å². The number of sulfonamides is 1. The molecule has 1 aromatic carbocycles. The van der Waals surface area contributed by atoms with Crippen LogP contribution in [-0.4, -0.2) is 26.7 Å². The molecule has 0 aliphatic heterocycles. The first-order valence-electron chi connectivity index (χ1n) is 6.58. The molecule has 0 bridgehead atoms. The van der Waals surface area contributed by atoms with Crippen LogP contribution in [0.3, 0.4) is 0 Å². The van der Waals surface area contributed by atoms with Gasteiger partial charge in [0.25, 0.3) is 0 Å². The molecule has 0 aromatic heterocycles. The molecule has 1 aromatic rings. The molecular weight excluding hydrogens is 276 g/mol. The minimum absolute atomic E-state index is 0.0600. The summed E-state index contributed by atoms with van der Waals surface area (Å²) in [5.41, 5.74) is 1.04. The van der Waals surface area contributed by atoms with Crippen LogP contribution in [0.15, 0.2) is 24.3 Å². The Hall–Kier alpha value is -1.42. The van der Waals surface area contributed by atoms with Crippen molar-refractivity contribution in [3.63, 3.8) is 0 Å². The zero-order chi connectivity index (χ0) is 15.0. The van der Waals surface area contributed by atoms with Gasteiger partial charge in [-0.2, -0.15) is 5.26 Å². The summed E-state index contributed by atoms with van der Waals surface area (Å²) in [4.78, 5) is 0. The lowest BCUT2D eigenvalue weighted by atomic mass is 10.0. The Labute approximate surface area is 120 Å². The summed E-state index contributed by atoms with van der Waals surface area (Å²) in [6.45, 7) is 2.35. The third-order valence-corrected chi connectivity index (χ3v) is 4.44. The minimum Gasteiger partial charge on any atom is -0.396 e. The molecule has 110 valence electrons. The lowest BCUT2D eigenvalue weighted by Gasteiger charge is -2.14. The smallest absolute Gasteiger partial charge is 0.215 e. The van der Waals surface area contributed by atoms with E-state index in [-0.39, 0.29) is 18.3 Å². The van der Waals surface area contributed by atoms with Crippen molar-refractivity contribution in [3.05, 3.63) is 35.4 Å². The molecule has 2 N–H and O–H groups in total. The number of nitriles is 1. The van der Waals surface area contributed by atoms with E-state index in [0.717, 1.165) is 6.42 Å². The number of benzene rings is 1. The second-order valence-corrected chi connectivity index (χ2v) is 6.51. The van der Waals surface area contributed by atoms with Gasteiger partial charge >= 0.3 is 0 Å². The van der Waals surface area contributed by atoms with Gasteiger partial charge in [-0.1, -0.05) is 25.5 Å². The maximum absolute atomic E-state index is 12.0. The van der Waals surface area contributed by atoms with Crippen molar-refractivity contribution < 1.29 is 13.5 Å². The van der Waals surface area contributed by atoms with Gasteiger partial charge < -0.3 is 5.11 Å². The zero-order valence-corrected chi connectivity index (χ0v) is 12.4. The quantitative estimate of drug-likeness (QED) is 0.758. The molecule has 0 fully saturated rings. The van der Waals surface area contributed by atoms with E-state index in [2.05, 4.69) is 4.72 Å². The summed E-state index contributed by atoms with van der Waals surface area (Å²) in [6, 6.07) is 8.55. The van der Waals surface area contributed by atoms with Gasteiger partial charge in [0.2, 0.25) is 10.0 Å². The minimum atomic E-state index is -3.42. The standard InChI is InChI=1S/C14H20N2O3S/c1-2-12(6-7-17)10-16-20(18,19)11-14-5-3-4-13(8-14)9-15/h3-5,8,12,16-17H,2,6-7,10-11H2,1H3. The largest absolute Gasteiger partial charge is 0.396 e. The lowest BCUT2D eigenvalue weighted by Crippen LogP contribution is -2.30. The van der Waals surface area contributed by atoms with Crippen molar-refractivity contribution in [1.29, 1.82) is 5.26 Å². The number of aliphatic hydroxyl groups is 1. The Bertz CT molecular complexity index is 564. The van der Waals surface area contributed by atoms with Gasteiger partial charge in [-0.25, -0.2) is 13.1 Å². The molecule has 6 heteroatoms. The van der Waals surface area contributed by atoms with Gasteiger partial charge in [0.05, 0.1) is 17.4 Å². The summed E-state index contributed by atoms with van der Waals surface area (Å²) in [6.07, 6.45) is 1.40. The van der Waals surface area contributed by atoms with E-state index in [4.69, 9.17) is 10.4 Å². The number of hydrogen-bond donors (Lipinski definition) is 2. The third-order valence-electron chi connectivity index (χ3n) is 3.12. The Kier molecular flexibility index (Phi) is 6.65. The van der Waals surface area contributed by atoms with E-state index in [0.29, 0.717) is 24.1 Å². The lowest BCUT2D eigenvalue weighted by molar-refractivity contribution is 0.254. The average molecular weight is 296 g/mol. The molecule has 0 amide bonds. The molecule has 0 radical (unpaired) electrons. The van der Waals surface area contributed by atoms with Crippen molar-refractivity contribution >= 4 is 10.0 Å². The van der Waals surface area contributed by atoms with E-state index in [1.165, 1.54) is 0 Å². The van der Waals surface area contributed by atoms with E-state index in [1.807, 2.05) is 13.0 Å². The van der Waals surface area contributed by atoms with Gasteiger partial charge in [-0.05, 0) is 30.0 Å². The monoisotopic (exact) mass is 296 g/mol. The molecule has 0 saturated heterocycles. The highest BCUT2D eigenvalue weighted by atomic mass is 32.2. The Morgan fingerprint density at radius 1 is 1.45 bits per heavy atom. The van der Waals surface area contributed by atoms with Gasteiger partial charge in [0.15, 0.2) is 0 Å². The predicted octanol–water partition coefficient (Wildman–Crippen LogP) is 1.39. The van der Waals surface area contributed by atoms with Gasteiger partial charge in [0, 0.05) is 13.2 Å². The fourth-order valence-corrected chi connectivity index (χ4v) is 3.09. The van der Waals surface area contributed by atoms with Crippen LogP contribution in [0.1, 0.15) is 30.9 Å². The highest BCUT2D eigenvalue weighted by Crippen LogP contribution is 2.10. The summed E-state index contributed by atoms with van der Waals surface area (Å²) in [5.74, 6) is -0.00170.